The van der Waals surface area contributed by atoms with Crippen LogP contribution in [0.2, 0.25) is 0 Å². The molecule has 0 aliphatic carbocycles. The Morgan fingerprint density at radius 1 is 1.24 bits per heavy atom. The second-order valence-corrected chi connectivity index (χ2v) is 8.09. The molecule has 0 aliphatic heterocycles. The highest BCUT2D eigenvalue weighted by Gasteiger charge is 2.13. The molecule has 0 spiro atoms. The molecule has 1 aromatic carbocycles. The van der Waals surface area contributed by atoms with E-state index in [0.29, 0.717) is 23.7 Å². The van der Waals surface area contributed by atoms with Gasteiger partial charge in [-0.25, -0.2) is 0 Å². The highest BCUT2D eigenvalue weighted by atomic mass is 32.2. The molecule has 1 N–H and O–H groups in total. The molecular formula is C17H22N2O4S2. The van der Waals surface area contributed by atoms with Crippen molar-refractivity contribution in [2.45, 2.75) is 30.4 Å². The number of hydrogen-bond donors (Lipinski definition) is 1. The van der Waals surface area contributed by atoms with Crippen molar-refractivity contribution in [1.82, 2.24) is 4.83 Å². The van der Waals surface area contributed by atoms with E-state index in [9.17, 15) is 8.42 Å². The fourth-order valence-corrected chi connectivity index (χ4v) is 3.82. The highest BCUT2D eigenvalue weighted by Crippen LogP contribution is 2.27. The van der Waals surface area contributed by atoms with E-state index in [2.05, 4.69) is 16.9 Å². The zero-order chi connectivity index (χ0) is 18.1. The first kappa shape index (κ1) is 19.3. The second-order valence-electron chi connectivity index (χ2n) is 5.25. The minimum Gasteiger partial charge on any atom is -0.493 e. The van der Waals surface area contributed by atoms with Crippen LogP contribution in [0.3, 0.4) is 0 Å². The van der Waals surface area contributed by atoms with Gasteiger partial charge in [-0.3, -0.25) is 0 Å². The zero-order valence-electron chi connectivity index (χ0n) is 14.3. The maximum atomic E-state index is 12.0. The minimum absolute atomic E-state index is 0.220. The van der Waals surface area contributed by atoms with Crippen molar-refractivity contribution in [2.24, 2.45) is 5.10 Å². The normalized spacial score (nSPS) is 11.6. The summed E-state index contributed by atoms with van der Waals surface area (Å²) in [6, 6.07) is 8.53. The van der Waals surface area contributed by atoms with Gasteiger partial charge in [0.05, 0.1) is 19.9 Å². The van der Waals surface area contributed by atoms with Crippen LogP contribution in [0.1, 0.15) is 31.7 Å². The van der Waals surface area contributed by atoms with Crippen LogP contribution in [0, 0.1) is 0 Å². The van der Waals surface area contributed by atoms with E-state index in [-0.39, 0.29) is 4.21 Å². The number of hydrogen-bond acceptors (Lipinski definition) is 6. The number of sulfonamides is 1. The van der Waals surface area contributed by atoms with Gasteiger partial charge in [0.15, 0.2) is 11.5 Å². The summed E-state index contributed by atoms with van der Waals surface area (Å²) in [6.07, 6.45) is 4.68. The van der Waals surface area contributed by atoms with Crippen molar-refractivity contribution in [2.75, 3.05) is 13.7 Å². The summed E-state index contributed by atoms with van der Waals surface area (Å²) < 4.78 is 35.2. The lowest BCUT2D eigenvalue weighted by Crippen LogP contribution is -2.17. The third kappa shape index (κ3) is 5.75. The summed E-state index contributed by atoms with van der Waals surface area (Å²) in [5, 5.41) is 5.50. The average Bonchev–Trinajstić information content (AvgIpc) is 3.15. The Morgan fingerprint density at radius 2 is 2.08 bits per heavy atom. The summed E-state index contributed by atoms with van der Waals surface area (Å²) in [7, 11) is -2.05. The number of nitrogens with one attached hydrogen (secondary N) is 1. The average molecular weight is 383 g/mol. The first-order valence-corrected chi connectivity index (χ1v) is 10.3. The minimum atomic E-state index is -3.61. The lowest BCUT2D eigenvalue weighted by Gasteiger charge is -2.11. The van der Waals surface area contributed by atoms with Gasteiger partial charge >= 0.3 is 0 Å². The molecule has 0 amide bonds. The molecular weight excluding hydrogens is 360 g/mol. The number of rotatable bonds is 10. The number of methoxy groups -OCH3 is 1. The molecule has 0 saturated heterocycles. The van der Waals surface area contributed by atoms with Crippen LogP contribution >= 0.6 is 11.3 Å². The van der Waals surface area contributed by atoms with E-state index in [1.165, 1.54) is 12.3 Å². The van der Waals surface area contributed by atoms with Crippen molar-refractivity contribution in [3.05, 3.63) is 41.3 Å². The van der Waals surface area contributed by atoms with Crippen LogP contribution in [0.4, 0.5) is 0 Å². The van der Waals surface area contributed by atoms with Crippen molar-refractivity contribution in [3.8, 4) is 11.5 Å². The number of hydrazone groups is 1. The molecule has 2 aromatic rings. The van der Waals surface area contributed by atoms with Crippen LogP contribution < -0.4 is 14.3 Å². The Kier molecular flexibility index (Phi) is 7.27. The monoisotopic (exact) mass is 382 g/mol. The molecule has 1 aromatic heterocycles. The Hall–Kier alpha value is -2.06. The topological polar surface area (TPSA) is 77.0 Å². The number of thiophene rings is 1. The highest BCUT2D eigenvalue weighted by molar-refractivity contribution is 7.91. The van der Waals surface area contributed by atoms with E-state index in [1.54, 1.807) is 36.8 Å². The number of benzene rings is 1. The molecule has 0 atom stereocenters. The van der Waals surface area contributed by atoms with Crippen LogP contribution in [-0.4, -0.2) is 28.3 Å². The van der Waals surface area contributed by atoms with Gasteiger partial charge in [0.2, 0.25) is 0 Å². The SMILES string of the molecule is CCCCCOc1ccc(/C=N/NS(=O)(=O)c2cccs2)cc1OC. The van der Waals surface area contributed by atoms with Crippen molar-refractivity contribution in [1.29, 1.82) is 0 Å². The Labute approximate surface area is 152 Å². The molecule has 0 radical (unpaired) electrons. The lowest BCUT2D eigenvalue weighted by atomic mass is 10.2. The van der Waals surface area contributed by atoms with Crippen LogP contribution in [0.25, 0.3) is 0 Å². The number of ether oxygens (including phenoxy) is 2. The maximum absolute atomic E-state index is 12.0. The van der Waals surface area contributed by atoms with Crippen molar-refractivity contribution < 1.29 is 17.9 Å². The lowest BCUT2D eigenvalue weighted by molar-refractivity contribution is 0.286. The predicted molar refractivity (Wildman–Crippen MR) is 100 cm³/mol. The van der Waals surface area contributed by atoms with Gasteiger partial charge in [-0.05, 0) is 41.6 Å². The van der Waals surface area contributed by atoms with E-state index in [0.717, 1.165) is 30.6 Å². The molecule has 0 fully saturated rings. The summed E-state index contributed by atoms with van der Waals surface area (Å²) >= 11 is 1.13. The summed E-state index contributed by atoms with van der Waals surface area (Å²) in [5.74, 6) is 1.25. The van der Waals surface area contributed by atoms with E-state index in [4.69, 9.17) is 9.47 Å². The fraction of sp³-hybridized carbons (Fsp3) is 0.353. The molecule has 1 heterocycles. The molecule has 8 heteroatoms. The Balaban J connectivity index is 2.00. The molecule has 0 aliphatic rings. The third-order valence-electron chi connectivity index (χ3n) is 3.34. The molecule has 6 nitrogen and oxygen atoms in total. The summed E-state index contributed by atoms with van der Waals surface area (Å²) in [4.78, 5) is 2.19. The van der Waals surface area contributed by atoms with Gasteiger partial charge in [-0.1, -0.05) is 25.8 Å². The van der Waals surface area contributed by atoms with Gasteiger partial charge in [0, 0.05) is 0 Å². The fourth-order valence-electron chi connectivity index (χ4n) is 2.05. The maximum Gasteiger partial charge on any atom is 0.286 e. The molecule has 0 unspecified atom stereocenters. The van der Waals surface area contributed by atoms with Crippen molar-refractivity contribution >= 4 is 27.6 Å². The first-order chi connectivity index (χ1) is 12.1. The van der Waals surface area contributed by atoms with E-state index in [1.807, 2.05) is 0 Å². The molecule has 2 rings (SSSR count). The third-order valence-corrected chi connectivity index (χ3v) is 5.96. The number of unbranched alkanes of at least 4 members (excludes halogenated alkanes) is 2. The molecule has 0 saturated carbocycles. The van der Waals surface area contributed by atoms with Gasteiger partial charge < -0.3 is 9.47 Å². The standard InChI is InChI=1S/C17H22N2O4S2/c1-3-4-5-10-23-15-9-8-14(12-16(15)22-2)13-18-19-25(20,21)17-7-6-11-24-17/h6-9,11-13,19H,3-5,10H2,1-2H3/b18-13+. The summed E-state index contributed by atoms with van der Waals surface area (Å²) in [6.45, 7) is 2.78. The quantitative estimate of drug-likeness (QED) is 0.387. The molecule has 136 valence electrons. The smallest absolute Gasteiger partial charge is 0.286 e. The van der Waals surface area contributed by atoms with Gasteiger partial charge in [-0.2, -0.15) is 18.4 Å². The molecule has 0 bridgehead atoms. The Bertz CT molecular complexity index is 787. The van der Waals surface area contributed by atoms with Crippen molar-refractivity contribution in [3.63, 3.8) is 0 Å². The Morgan fingerprint density at radius 3 is 2.76 bits per heavy atom. The largest absolute Gasteiger partial charge is 0.493 e. The second kappa shape index (κ2) is 9.43. The predicted octanol–water partition coefficient (Wildman–Crippen LogP) is 3.64. The summed E-state index contributed by atoms with van der Waals surface area (Å²) in [5.41, 5.74) is 0.701. The van der Waals surface area contributed by atoms with Crippen LogP contribution in [0.5, 0.6) is 11.5 Å². The van der Waals surface area contributed by atoms with Crippen LogP contribution in [0.15, 0.2) is 45.0 Å². The zero-order valence-corrected chi connectivity index (χ0v) is 15.9. The van der Waals surface area contributed by atoms with E-state index < -0.39 is 10.0 Å². The van der Waals surface area contributed by atoms with E-state index >= 15 is 0 Å². The van der Waals surface area contributed by atoms with Gasteiger partial charge in [-0.15, -0.1) is 11.3 Å². The van der Waals surface area contributed by atoms with Gasteiger partial charge in [0.25, 0.3) is 10.0 Å². The molecule has 25 heavy (non-hydrogen) atoms. The van der Waals surface area contributed by atoms with Crippen LogP contribution in [-0.2, 0) is 10.0 Å². The number of nitrogens with zero attached hydrogens (tertiary/aromatic N) is 1. The first-order valence-electron chi connectivity index (χ1n) is 7.96. The van der Waals surface area contributed by atoms with Gasteiger partial charge in [0.1, 0.15) is 4.21 Å².